The van der Waals surface area contributed by atoms with E-state index < -0.39 is 12.1 Å². The maximum Gasteiger partial charge on any atom is 0.573 e. The second-order valence-corrected chi connectivity index (χ2v) is 12.4. The first-order chi connectivity index (χ1) is 25.4. The molecule has 6 N–H and O–H groups in total. The molecule has 8 rings (SSSR count). The van der Waals surface area contributed by atoms with E-state index in [4.69, 9.17) is 15.6 Å². The summed E-state index contributed by atoms with van der Waals surface area (Å²) in [5.41, 5.74) is 4.38. The van der Waals surface area contributed by atoms with Crippen LogP contribution in [0.5, 0.6) is 11.5 Å². The number of para-hydroxylation sites is 8. The van der Waals surface area contributed by atoms with Gasteiger partial charge < -0.3 is 39.5 Å². The number of imidazole rings is 2. The van der Waals surface area contributed by atoms with E-state index in [9.17, 15) is 23.4 Å². The highest BCUT2D eigenvalue weighted by molar-refractivity contribution is 6.31. The van der Waals surface area contributed by atoms with E-state index in [1.54, 1.807) is 23.1 Å². The molecule has 0 radical (unpaired) electrons. The van der Waals surface area contributed by atoms with Crippen LogP contribution in [0.15, 0.2) is 109 Å². The second-order valence-electron chi connectivity index (χ2n) is 12.4. The number of hydrogen-bond acceptors (Lipinski definition) is 8. The molecule has 270 valence electrons. The zero-order valence-corrected chi connectivity index (χ0v) is 28.4. The number of fused-ring (bicyclic) bond motifs is 2. The molecule has 0 atom stereocenters. The molecule has 0 amide bonds. The van der Waals surface area contributed by atoms with Crippen molar-refractivity contribution in [2.75, 3.05) is 22.9 Å². The topological polar surface area (TPSA) is 170 Å². The van der Waals surface area contributed by atoms with Gasteiger partial charge in [-0.05, 0) is 62.4 Å². The number of hydrogen-bond donors (Lipinski definition) is 6. The lowest BCUT2D eigenvalue weighted by Crippen LogP contribution is -2.28. The lowest BCUT2D eigenvalue weighted by atomic mass is 10.2. The number of anilines is 2. The smallest absolute Gasteiger partial charge is 0.509 e. The van der Waals surface area contributed by atoms with Gasteiger partial charge in [0.05, 0.1) is 63.8 Å². The lowest BCUT2D eigenvalue weighted by molar-refractivity contribution is -0.274. The van der Waals surface area contributed by atoms with Crippen LogP contribution in [0.25, 0.3) is 33.2 Å². The molecule has 4 aromatic carbocycles. The predicted octanol–water partition coefficient (Wildman–Crippen LogP) is 8.34. The molecule has 6 aromatic rings. The van der Waals surface area contributed by atoms with Crippen LogP contribution >= 0.6 is 0 Å². The first-order valence-electron chi connectivity index (χ1n) is 16.5. The minimum absolute atomic E-state index is 0.0179. The van der Waals surface area contributed by atoms with Crippen molar-refractivity contribution in [2.45, 2.75) is 26.3 Å². The Hall–Kier alpha value is -6.77. The van der Waals surface area contributed by atoms with Crippen molar-refractivity contribution in [1.29, 1.82) is 10.8 Å². The van der Waals surface area contributed by atoms with Gasteiger partial charge in [-0.3, -0.25) is 10.8 Å². The van der Waals surface area contributed by atoms with E-state index in [-0.39, 0.29) is 59.5 Å². The first-order valence-corrected chi connectivity index (χ1v) is 16.5. The number of aromatic nitrogens is 4. The molecule has 12 nitrogen and oxygen atoms in total. The molecule has 0 spiro atoms. The van der Waals surface area contributed by atoms with E-state index in [0.29, 0.717) is 22.7 Å². The summed E-state index contributed by atoms with van der Waals surface area (Å²) >= 11 is 0. The summed E-state index contributed by atoms with van der Waals surface area (Å²) in [6.45, 7) is 3.97. The molecule has 0 saturated carbocycles. The van der Waals surface area contributed by atoms with Gasteiger partial charge in [0, 0.05) is 0 Å². The number of aliphatic hydroxyl groups excluding tert-OH is 2. The van der Waals surface area contributed by atoms with Gasteiger partial charge in [0.25, 0.3) is 0 Å². The van der Waals surface area contributed by atoms with E-state index in [1.165, 1.54) is 23.1 Å². The minimum Gasteiger partial charge on any atom is -0.509 e. The van der Waals surface area contributed by atoms with Crippen molar-refractivity contribution >= 4 is 56.3 Å². The van der Waals surface area contributed by atoms with Gasteiger partial charge in [-0.15, -0.1) is 13.2 Å². The van der Waals surface area contributed by atoms with Gasteiger partial charge in [-0.1, -0.05) is 48.5 Å². The minimum atomic E-state index is -4.87. The quantitative estimate of drug-likeness (QED) is 0.0955. The Balaban J connectivity index is 0.000000164. The molecule has 0 unspecified atom stereocenters. The number of alkyl halides is 3. The van der Waals surface area contributed by atoms with Crippen LogP contribution in [0.3, 0.4) is 0 Å². The average Bonchev–Trinajstić information content (AvgIpc) is 3.87. The summed E-state index contributed by atoms with van der Waals surface area (Å²) in [5, 5.41) is 37.9. The number of nitrogens with zero attached hydrogens (tertiary/aromatic N) is 4. The Labute approximate surface area is 300 Å². The van der Waals surface area contributed by atoms with Crippen molar-refractivity contribution in [3.63, 3.8) is 0 Å². The van der Waals surface area contributed by atoms with Gasteiger partial charge in [0.15, 0.2) is 5.75 Å². The van der Waals surface area contributed by atoms with Crippen molar-refractivity contribution in [3.05, 3.63) is 120 Å². The Morgan fingerprint density at radius 3 is 1.53 bits per heavy atom. The number of ether oxygens (including phenoxy) is 2. The number of aliphatic hydroxyl groups is 2. The lowest BCUT2D eigenvalue weighted by Gasteiger charge is -2.23. The molecule has 53 heavy (non-hydrogen) atoms. The number of halogens is 3. The van der Waals surface area contributed by atoms with Crippen LogP contribution in [-0.4, -0.2) is 67.4 Å². The third-order valence-electron chi connectivity index (χ3n) is 8.36. The molecule has 0 fully saturated rings. The Morgan fingerprint density at radius 1 is 0.660 bits per heavy atom. The Kier molecular flexibility index (Phi) is 8.99. The summed E-state index contributed by atoms with van der Waals surface area (Å²) in [5.74, 6) is 0.980. The number of aromatic amines is 2. The van der Waals surface area contributed by atoms with E-state index in [1.807, 2.05) is 68.4 Å². The fourth-order valence-corrected chi connectivity index (χ4v) is 6.14. The molecule has 0 aliphatic carbocycles. The number of benzene rings is 4. The van der Waals surface area contributed by atoms with Crippen molar-refractivity contribution in [1.82, 2.24) is 19.9 Å². The standard InChI is InChI=1S/C20H20N4O2.C18H13F3N4O2/c1-12(2)26-17-10-6-5-9-15(17)24-11-16(25)18(19(24)21)20-22-13-7-3-4-8-14(13)23-20;19-18(20,21)27-14-8-4-3-7-12(14)25-9-13(26)15(16(25)22)17-23-10-5-1-2-6-11(10)24-17/h3-10,12,21,25H,11H2,1-2H3,(H,22,23);1-8,22,26H,9H2,(H,23,24). The Bertz CT molecular complexity index is 2360. The summed E-state index contributed by atoms with van der Waals surface area (Å²) in [4.78, 5) is 18.0. The highest BCUT2D eigenvalue weighted by atomic mass is 19.4. The fraction of sp³-hybridized carbons (Fsp3) is 0.158. The normalized spacial score (nSPS) is 14.9. The summed E-state index contributed by atoms with van der Waals surface area (Å²) < 4.78 is 47.9. The maximum atomic E-state index is 12.7. The maximum absolute atomic E-state index is 12.7. The van der Waals surface area contributed by atoms with Gasteiger partial charge in [-0.2, -0.15) is 0 Å². The van der Waals surface area contributed by atoms with Crippen molar-refractivity contribution in [2.24, 2.45) is 0 Å². The first kappa shape index (κ1) is 34.7. The van der Waals surface area contributed by atoms with Crippen LogP contribution in [0, 0.1) is 10.8 Å². The molecule has 4 heterocycles. The number of amidine groups is 2. The third kappa shape index (κ3) is 6.96. The van der Waals surface area contributed by atoms with Crippen LogP contribution in [0.4, 0.5) is 24.5 Å². The second kappa shape index (κ2) is 13.7. The predicted molar refractivity (Wildman–Crippen MR) is 197 cm³/mol. The van der Waals surface area contributed by atoms with Gasteiger partial charge in [-0.25, -0.2) is 9.97 Å². The zero-order valence-electron chi connectivity index (χ0n) is 28.4. The molecule has 2 aromatic heterocycles. The summed E-state index contributed by atoms with van der Waals surface area (Å²) in [6, 6.07) is 27.9. The van der Waals surface area contributed by atoms with E-state index >= 15 is 0 Å². The molecular formula is C38H33F3N8O4. The monoisotopic (exact) mass is 722 g/mol. The highest BCUT2D eigenvalue weighted by Gasteiger charge is 2.37. The summed E-state index contributed by atoms with van der Waals surface area (Å²) in [7, 11) is 0. The molecule has 0 saturated heterocycles. The van der Waals surface area contributed by atoms with Crippen LogP contribution in [0.1, 0.15) is 25.5 Å². The van der Waals surface area contributed by atoms with Gasteiger partial charge >= 0.3 is 6.36 Å². The van der Waals surface area contributed by atoms with Gasteiger partial charge in [0.2, 0.25) is 0 Å². The van der Waals surface area contributed by atoms with E-state index in [0.717, 1.165) is 28.3 Å². The average molecular weight is 723 g/mol. The Morgan fingerprint density at radius 2 is 1.08 bits per heavy atom. The molecule has 2 aliphatic heterocycles. The van der Waals surface area contributed by atoms with Gasteiger partial charge in [0.1, 0.15) is 40.6 Å². The van der Waals surface area contributed by atoms with Crippen molar-refractivity contribution in [3.8, 4) is 11.5 Å². The number of rotatable bonds is 7. The van der Waals surface area contributed by atoms with Crippen LogP contribution in [-0.2, 0) is 0 Å². The van der Waals surface area contributed by atoms with Crippen LogP contribution in [0.2, 0.25) is 0 Å². The number of H-pyrrole nitrogens is 2. The highest BCUT2D eigenvalue weighted by Crippen LogP contribution is 2.39. The molecule has 0 bridgehead atoms. The van der Waals surface area contributed by atoms with Crippen LogP contribution < -0.4 is 19.3 Å². The molecule has 15 heteroatoms. The van der Waals surface area contributed by atoms with E-state index in [2.05, 4.69) is 24.7 Å². The number of nitrogens with one attached hydrogen (secondary N) is 4. The summed E-state index contributed by atoms with van der Waals surface area (Å²) in [6.07, 6.45) is -4.85. The largest absolute Gasteiger partial charge is 0.573 e. The third-order valence-corrected chi connectivity index (χ3v) is 8.36. The SMILES string of the molecule is CC(C)Oc1ccccc1N1CC(O)=C(c2nc3ccccc3[nH]2)C1=N.N=C1C(c2nc3ccccc3[nH]2)=C(O)CN1c1ccccc1OC(F)(F)F. The molecule has 2 aliphatic rings. The van der Waals surface area contributed by atoms with Crippen molar-refractivity contribution < 1.29 is 32.9 Å². The fourth-order valence-electron chi connectivity index (χ4n) is 6.14. The molecular weight excluding hydrogens is 689 g/mol. The zero-order chi connectivity index (χ0) is 37.4.